The minimum absolute atomic E-state index is 0.426. The maximum atomic E-state index is 13.1. The standard InChI is InChI=1S/C23H29ClFN3OS/c1-27(23-26-22-8-3-18(24)15-17(22)16-30-23)20-9-12-28(13-10-20)11-2-14-29-21-6-4-19(25)5-7-21/h3-4,6-8,15,19-20H,2,5,9-14,16H2,1H3. The summed E-state index contributed by atoms with van der Waals surface area (Å²) < 4.78 is 18.8. The van der Waals surface area contributed by atoms with Crippen molar-refractivity contribution in [2.75, 3.05) is 33.3 Å². The molecule has 1 aromatic carbocycles. The maximum Gasteiger partial charge on any atom is 0.164 e. The van der Waals surface area contributed by atoms with Crippen molar-refractivity contribution < 1.29 is 9.13 Å². The lowest BCUT2D eigenvalue weighted by Crippen LogP contribution is -2.45. The summed E-state index contributed by atoms with van der Waals surface area (Å²) in [6, 6.07) is 6.48. The van der Waals surface area contributed by atoms with Crippen LogP contribution in [0.1, 0.15) is 31.2 Å². The molecule has 3 aliphatic rings. The zero-order valence-electron chi connectivity index (χ0n) is 17.4. The average Bonchev–Trinajstić information content (AvgIpc) is 2.77. The number of alkyl halides is 1. The second-order valence-corrected chi connectivity index (χ2v) is 9.44. The Hall–Kier alpha value is -1.50. The summed E-state index contributed by atoms with van der Waals surface area (Å²) in [4.78, 5) is 9.75. The number of hydrogen-bond donors (Lipinski definition) is 0. The number of amidine groups is 1. The number of aliphatic imine (C=N–C) groups is 1. The van der Waals surface area contributed by atoms with Crippen molar-refractivity contribution in [1.82, 2.24) is 9.80 Å². The SMILES string of the molecule is CN(C1=Nc2ccc(Cl)cc2CS1)C1CCN(CCCOC2=CCC(F)C=C2)CC1. The van der Waals surface area contributed by atoms with E-state index in [4.69, 9.17) is 21.3 Å². The number of allylic oxidation sites excluding steroid dienone is 3. The lowest BCUT2D eigenvalue weighted by molar-refractivity contribution is 0.145. The lowest BCUT2D eigenvalue weighted by atomic mass is 10.0. The molecule has 0 saturated carbocycles. The van der Waals surface area contributed by atoms with E-state index >= 15 is 0 Å². The van der Waals surface area contributed by atoms with Crippen molar-refractivity contribution >= 4 is 34.2 Å². The Labute approximate surface area is 187 Å². The Morgan fingerprint density at radius 3 is 2.93 bits per heavy atom. The number of halogens is 2. The van der Waals surface area contributed by atoms with Crippen LogP contribution in [0, 0.1) is 0 Å². The predicted octanol–water partition coefficient (Wildman–Crippen LogP) is 5.56. The molecule has 162 valence electrons. The first-order valence-corrected chi connectivity index (χ1v) is 12.0. The van der Waals surface area contributed by atoms with E-state index in [9.17, 15) is 4.39 Å². The van der Waals surface area contributed by atoms with Gasteiger partial charge in [0.05, 0.1) is 12.3 Å². The smallest absolute Gasteiger partial charge is 0.164 e. The second kappa shape index (κ2) is 10.2. The van der Waals surface area contributed by atoms with Crippen LogP contribution in [-0.2, 0) is 10.5 Å². The van der Waals surface area contributed by atoms with Gasteiger partial charge in [-0.3, -0.25) is 0 Å². The maximum absolute atomic E-state index is 13.1. The number of ether oxygens (including phenoxy) is 1. The predicted molar refractivity (Wildman–Crippen MR) is 124 cm³/mol. The fourth-order valence-electron chi connectivity index (χ4n) is 4.08. The van der Waals surface area contributed by atoms with Crippen LogP contribution in [0.15, 0.2) is 47.2 Å². The van der Waals surface area contributed by atoms with Crippen LogP contribution in [0.5, 0.6) is 0 Å². The minimum Gasteiger partial charge on any atom is -0.494 e. The number of benzene rings is 1. The molecule has 30 heavy (non-hydrogen) atoms. The fraction of sp³-hybridized carbons (Fsp3) is 0.522. The Kier molecular flexibility index (Phi) is 7.39. The Bertz CT molecular complexity index is 836. The monoisotopic (exact) mass is 449 g/mol. The van der Waals surface area contributed by atoms with E-state index in [1.165, 1.54) is 5.56 Å². The number of likely N-dealkylation sites (tertiary alicyclic amines) is 1. The highest BCUT2D eigenvalue weighted by molar-refractivity contribution is 8.13. The normalized spacial score (nSPS) is 22.3. The molecule has 1 aliphatic carbocycles. The largest absolute Gasteiger partial charge is 0.494 e. The van der Waals surface area contributed by atoms with Crippen LogP contribution in [-0.4, -0.2) is 60.5 Å². The van der Waals surface area contributed by atoms with Crippen molar-refractivity contribution in [1.29, 1.82) is 0 Å². The molecule has 1 saturated heterocycles. The highest BCUT2D eigenvalue weighted by Gasteiger charge is 2.26. The van der Waals surface area contributed by atoms with Gasteiger partial charge in [-0.25, -0.2) is 9.38 Å². The second-order valence-electron chi connectivity index (χ2n) is 8.06. The zero-order valence-corrected chi connectivity index (χ0v) is 19.0. The summed E-state index contributed by atoms with van der Waals surface area (Å²) in [5, 5.41) is 1.89. The summed E-state index contributed by atoms with van der Waals surface area (Å²) in [5.41, 5.74) is 2.26. The molecule has 0 N–H and O–H groups in total. The van der Waals surface area contributed by atoms with Gasteiger partial charge in [0, 0.05) is 49.9 Å². The van der Waals surface area contributed by atoms with Gasteiger partial charge >= 0.3 is 0 Å². The van der Waals surface area contributed by atoms with E-state index in [2.05, 4.69) is 16.8 Å². The number of fused-ring (bicyclic) bond motifs is 1. The average molecular weight is 450 g/mol. The van der Waals surface area contributed by atoms with Crippen LogP contribution in [0.2, 0.25) is 5.02 Å². The van der Waals surface area contributed by atoms with Crippen LogP contribution < -0.4 is 0 Å². The van der Waals surface area contributed by atoms with Gasteiger partial charge in [-0.1, -0.05) is 23.4 Å². The minimum atomic E-state index is -0.858. The number of hydrogen-bond acceptors (Lipinski definition) is 5. The molecule has 0 aromatic heterocycles. The molecule has 7 heteroatoms. The van der Waals surface area contributed by atoms with Crippen molar-refractivity contribution in [2.45, 2.75) is 43.6 Å². The first-order valence-electron chi connectivity index (χ1n) is 10.7. The molecule has 2 heterocycles. The topological polar surface area (TPSA) is 28.1 Å². The van der Waals surface area contributed by atoms with Gasteiger partial charge in [0.25, 0.3) is 0 Å². The Balaban J connectivity index is 1.19. The van der Waals surface area contributed by atoms with Gasteiger partial charge in [0.15, 0.2) is 5.17 Å². The lowest BCUT2D eigenvalue weighted by Gasteiger charge is -2.38. The molecule has 1 atom stereocenters. The van der Waals surface area contributed by atoms with Gasteiger partial charge in [0.1, 0.15) is 11.9 Å². The van der Waals surface area contributed by atoms with Crippen LogP contribution >= 0.6 is 23.4 Å². The van der Waals surface area contributed by atoms with Gasteiger partial charge < -0.3 is 14.5 Å². The number of rotatable bonds is 6. The molecule has 0 amide bonds. The van der Waals surface area contributed by atoms with E-state index < -0.39 is 6.17 Å². The summed E-state index contributed by atoms with van der Waals surface area (Å²) in [6.07, 6.45) is 8.01. The molecular formula is C23H29ClFN3OS. The molecule has 0 radical (unpaired) electrons. The molecule has 2 aliphatic heterocycles. The first kappa shape index (κ1) is 21.7. The highest BCUT2D eigenvalue weighted by atomic mass is 35.5. The van der Waals surface area contributed by atoms with Gasteiger partial charge in [-0.05, 0) is 61.3 Å². The van der Waals surface area contributed by atoms with Crippen LogP contribution in [0.4, 0.5) is 10.1 Å². The molecule has 0 bridgehead atoms. The quantitative estimate of drug-likeness (QED) is 0.531. The zero-order chi connectivity index (χ0) is 20.9. The highest BCUT2D eigenvalue weighted by Crippen LogP contribution is 2.34. The van der Waals surface area contributed by atoms with Crippen molar-refractivity contribution in [3.8, 4) is 0 Å². The van der Waals surface area contributed by atoms with E-state index in [0.717, 1.165) is 66.3 Å². The van der Waals surface area contributed by atoms with E-state index in [1.54, 1.807) is 23.9 Å². The van der Waals surface area contributed by atoms with E-state index in [1.807, 2.05) is 24.3 Å². The summed E-state index contributed by atoms with van der Waals surface area (Å²) in [5.74, 6) is 1.73. The third kappa shape index (κ3) is 5.59. The molecule has 4 nitrogen and oxygen atoms in total. The molecule has 1 aromatic rings. The molecule has 4 rings (SSSR count). The molecule has 1 fully saturated rings. The van der Waals surface area contributed by atoms with Crippen molar-refractivity contribution in [3.63, 3.8) is 0 Å². The van der Waals surface area contributed by atoms with Gasteiger partial charge in [-0.2, -0.15) is 0 Å². The summed E-state index contributed by atoms with van der Waals surface area (Å²) in [6.45, 7) is 3.93. The molecule has 1 unspecified atom stereocenters. The molecular weight excluding hydrogens is 421 g/mol. The van der Waals surface area contributed by atoms with Gasteiger partial charge in [-0.15, -0.1) is 0 Å². The third-order valence-electron chi connectivity index (χ3n) is 5.92. The summed E-state index contributed by atoms with van der Waals surface area (Å²) >= 11 is 7.90. The van der Waals surface area contributed by atoms with Gasteiger partial charge in [0.2, 0.25) is 0 Å². The number of thioether (sulfide) groups is 1. The molecule has 0 spiro atoms. The Morgan fingerprint density at radius 1 is 1.33 bits per heavy atom. The third-order valence-corrected chi connectivity index (χ3v) is 7.25. The van der Waals surface area contributed by atoms with E-state index in [-0.39, 0.29) is 0 Å². The van der Waals surface area contributed by atoms with Crippen molar-refractivity contribution in [2.24, 2.45) is 4.99 Å². The number of piperidine rings is 1. The fourth-order valence-corrected chi connectivity index (χ4v) is 5.31. The van der Waals surface area contributed by atoms with Crippen LogP contribution in [0.3, 0.4) is 0 Å². The number of nitrogens with zero attached hydrogens (tertiary/aromatic N) is 3. The first-order chi connectivity index (χ1) is 14.6. The van der Waals surface area contributed by atoms with Crippen LogP contribution in [0.25, 0.3) is 0 Å². The van der Waals surface area contributed by atoms with Crippen molar-refractivity contribution in [3.05, 3.63) is 52.8 Å². The summed E-state index contributed by atoms with van der Waals surface area (Å²) in [7, 11) is 2.17. The van der Waals surface area contributed by atoms with E-state index in [0.29, 0.717) is 19.1 Å². The Morgan fingerprint density at radius 2 is 2.17 bits per heavy atom.